The van der Waals surface area contributed by atoms with Crippen LogP contribution >= 0.6 is 11.6 Å². The van der Waals surface area contributed by atoms with E-state index in [2.05, 4.69) is 0 Å². The average Bonchev–Trinajstić information content (AvgIpc) is 2.08. The van der Waals surface area contributed by atoms with Gasteiger partial charge in [0.25, 0.3) is 0 Å². The van der Waals surface area contributed by atoms with Gasteiger partial charge in [-0.1, -0.05) is 17.7 Å². The molecule has 0 fully saturated rings. The van der Waals surface area contributed by atoms with Crippen LogP contribution in [0.2, 0.25) is 5.02 Å². The van der Waals surface area contributed by atoms with E-state index in [9.17, 15) is 5.11 Å². The molecule has 4 heteroatoms. The molecule has 1 aromatic rings. The third-order valence-electron chi connectivity index (χ3n) is 1.93. The second-order valence-corrected chi connectivity index (χ2v) is 3.45. The number of hydrogen-bond acceptors (Lipinski definition) is 3. The van der Waals surface area contributed by atoms with Gasteiger partial charge >= 0.3 is 0 Å². The highest BCUT2D eigenvalue weighted by molar-refractivity contribution is 6.33. The molecular formula is C9H13ClN2O. The van der Waals surface area contributed by atoms with Gasteiger partial charge in [-0.2, -0.15) is 0 Å². The van der Waals surface area contributed by atoms with Gasteiger partial charge in [0.2, 0.25) is 0 Å². The van der Waals surface area contributed by atoms with E-state index in [-0.39, 0.29) is 0 Å². The van der Waals surface area contributed by atoms with Crippen molar-refractivity contribution in [3.8, 4) is 0 Å². The molecule has 0 heterocycles. The van der Waals surface area contributed by atoms with E-state index < -0.39 is 12.1 Å². The predicted octanol–water partition coefficient (Wildman–Crippen LogP) is 1.30. The normalized spacial score (nSPS) is 15.4. The van der Waals surface area contributed by atoms with Crippen LogP contribution in [0.25, 0.3) is 0 Å². The standard InChI is InChI=1S/C9H13ClN2O/c1-5(13)9(12)6-2-3-8(11)7(10)4-6/h2-5,9,13H,11-12H2,1H3. The van der Waals surface area contributed by atoms with Gasteiger partial charge in [-0.05, 0) is 24.6 Å². The van der Waals surface area contributed by atoms with E-state index in [0.717, 1.165) is 5.56 Å². The maximum absolute atomic E-state index is 9.24. The summed E-state index contributed by atoms with van der Waals surface area (Å²) in [6.07, 6.45) is -0.598. The predicted molar refractivity (Wildman–Crippen MR) is 54.5 cm³/mol. The van der Waals surface area contributed by atoms with Crippen LogP contribution in [0.1, 0.15) is 18.5 Å². The Morgan fingerprint density at radius 2 is 2.08 bits per heavy atom. The van der Waals surface area contributed by atoms with Crippen molar-refractivity contribution in [1.29, 1.82) is 0 Å². The summed E-state index contributed by atoms with van der Waals surface area (Å²) in [5.41, 5.74) is 12.5. The Labute approximate surface area is 82.3 Å². The van der Waals surface area contributed by atoms with Crippen molar-refractivity contribution in [3.05, 3.63) is 28.8 Å². The summed E-state index contributed by atoms with van der Waals surface area (Å²) < 4.78 is 0. The van der Waals surface area contributed by atoms with Gasteiger partial charge < -0.3 is 16.6 Å². The third-order valence-corrected chi connectivity index (χ3v) is 2.26. The van der Waals surface area contributed by atoms with E-state index in [1.165, 1.54) is 0 Å². The minimum Gasteiger partial charge on any atom is -0.398 e. The number of aliphatic hydroxyl groups excluding tert-OH is 1. The Kier molecular flexibility index (Phi) is 3.14. The minimum atomic E-state index is -0.598. The molecular weight excluding hydrogens is 188 g/mol. The molecule has 1 aromatic carbocycles. The highest BCUT2D eigenvalue weighted by Crippen LogP contribution is 2.23. The van der Waals surface area contributed by atoms with Gasteiger partial charge in [0.15, 0.2) is 0 Å². The fourth-order valence-electron chi connectivity index (χ4n) is 1.03. The quantitative estimate of drug-likeness (QED) is 0.631. The van der Waals surface area contributed by atoms with Gasteiger partial charge in [0.05, 0.1) is 22.9 Å². The first-order valence-electron chi connectivity index (χ1n) is 4.01. The molecule has 0 amide bonds. The lowest BCUT2D eigenvalue weighted by Gasteiger charge is -2.15. The zero-order valence-electron chi connectivity index (χ0n) is 7.37. The zero-order valence-corrected chi connectivity index (χ0v) is 8.12. The highest BCUT2D eigenvalue weighted by atomic mass is 35.5. The molecule has 0 bridgehead atoms. The summed E-state index contributed by atoms with van der Waals surface area (Å²) in [5, 5.41) is 9.70. The number of anilines is 1. The second-order valence-electron chi connectivity index (χ2n) is 3.05. The van der Waals surface area contributed by atoms with E-state index in [4.69, 9.17) is 23.1 Å². The number of rotatable bonds is 2. The molecule has 0 saturated carbocycles. The lowest BCUT2D eigenvalue weighted by molar-refractivity contribution is 0.164. The first-order valence-corrected chi connectivity index (χ1v) is 4.38. The van der Waals surface area contributed by atoms with Crippen LogP contribution in [0.4, 0.5) is 5.69 Å². The van der Waals surface area contributed by atoms with Crippen molar-refractivity contribution < 1.29 is 5.11 Å². The lowest BCUT2D eigenvalue weighted by atomic mass is 10.0. The Hall–Kier alpha value is -0.770. The van der Waals surface area contributed by atoms with Crippen molar-refractivity contribution in [2.24, 2.45) is 5.73 Å². The van der Waals surface area contributed by atoms with Crippen molar-refractivity contribution >= 4 is 17.3 Å². The first kappa shape index (κ1) is 10.3. The summed E-state index contributed by atoms with van der Waals surface area (Å²) in [6, 6.07) is 4.70. The molecule has 0 aliphatic rings. The molecule has 0 aromatic heterocycles. The molecule has 0 saturated heterocycles. The maximum atomic E-state index is 9.24. The van der Waals surface area contributed by atoms with Crippen LogP contribution in [-0.2, 0) is 0 Å². The summed E-state index contributed by atoms with van der Waals surface area (Å²) >= 11 is 5.80. The molecule has 2 atom stereocenters. The van der Waals surface area contributed by atoms with Gasteiger partial charge in [0, 0.05) is 0 Å². The van der Waals surface area contributed by atoms with E-state index >= 15 is 0 Å². The van der Waals surface area contributed by atoms with E-state index in [0.29, 0.717) is 10.7 Å². The van der Waals surface area contributed by atoms with Crippen molar-refractivity contribution in [2.45, 2.75) is 19.1 Å². The Morgan fingerprint density at radius 3 is 2.54 bits per heavy atom. The van der Waals surface area contributed by atoms with Crippen molar-refractivity contribution in [3.63, 3.8) is 0 Å². The average molecular weight is 201 g/mol. The van der Waals surface area contributed by atoms with Crippen molar-refractivity contribution in [2.75, 3.05) is 5.73 Å². The Morgan fingerprint density at radius 1 is 1.46 bits per heavy atom. The van der Waals surface area contributed by atoms with E-state index in [1.807, 2.05) is 0 Å². The van der Waals surface area contributed by atoms with Gasteiger partial charge in [-0.15, -0.1) is 0 Å². The molecule has 5 N–H and O–H groups in total. The first-order chi connectivity index (χ1) is 6.02. The Balaban J connectivity index is 2.97. The topological polar surface area (TPSA) is 72.3 Å². The largest absolute Gasteiger partial charge is 0.398 e. The van der Waals surface area contributed by atoms with E-state index in [1.54, 1.807) is 25.1 Å². The summed E-state index contributed by atoms with van der Waals surface area (Å²) in [7, 11) is 0. The molecule has 0 radical (unpaired) electrons. The van der Waals surface area contributed by atoms with Crippen molar-refractivity contribution in [1.82, 2.24) is 0 Å². The maximum Gasteiger partial charge on any atom is 0.0704 e. The number of benzene rings is 1. The monoisotopic (exact) mass is 200 g/mol. The number of aliphatic hydroxyl groups is 1. The van der Waals surface area contributed by atoms with Gasteiger partial charge in [-0.3, -0.25) is 0 Å². The molecule has 0 aliphatic heterocycles. The molecule has 3 nitrogen and oxygen atoms in total. The summed E-state index contributed by atoms with van der Waals surface area (Å²) in [4.78, 5) is 0. The number of hydrogen-bond donors (Lipinski definition) is 3. The van der Waals surface area contributed by atoms with Crippen LogP contribution < -0.4 is 11.5 Å². The molecule has 0 spiro atoms. The zero-order chi connectivity index (χ0) is 10.0. The molecule has 13 heavy (non-hydrogen) atoms. The Bertz CT molecular complexity index is 302. The molecule has 2 unspecified atom stereocenters. The summed E-state index contributed by atoms with van der Waals surface area (Å²) in [6.45, 7) is 1.63. The fraction of sp³-hybridized carbons (Fsp3) is 0.333. The molecule has 72 valence electrons. The van der Waals surface area contributed by atoms with Crippen LogP contribution in [0.3, 0.4) is 0 Å². The number of nitrogens with two attached hydrogens (primary N) is 2. The smallest absolute Gasteiger partial charge is 0.0704 e. The second kappa shape index (κ2) is 3.96. The van der Waals surface area contributed by atoms with Crippen LogP contribution in [0.5, 0.6) is 0 Å². The van der Waals surface area contributed by atoms with Crippen LogP contribution in [0.15, 0.2) is 18.2 Å². The highest BCUT2D eigenvalue weighted by Gasteiger charge is 2.12. The summed E-state index contributed by atoms with van der Waals surface area (Å²) in [5.74, 6) is 0. The fourth-order valence-corrected chi connectivity index (χ4v) is 1.22. The number of nitrogen functional groups attached to an aromatic ring is 1. The lowest BCUT2D eigenvalue weighted by Crippen LogP contribution is -2.23. The molecule has 1 rings (SSSR count). The SMILES string of the molecule is CC(O)C(N)c1ccc(N)c(Cl)c1. The van der Waals surface area contributed by atoms with Gasteiger partial charge in [-0.25, -0.2) is 0 Å². The minimum absolute atomic E-state index is 0.418. The number of halogens is 1. The molecule has 0 aliphatic carbocycles. The van der Waals surface area contributed by atoms with Gasteiger partial charge in [0.1, 0.15) is 0 Å². The third kappa shape index (κ3) is 2.34. The van der Waals surface area contributed by atoms with Crippen LogP contribution in [0, 0.1) is 0 Å². The van der Waals surface area contributed by atoms with Crippen LogP contribution in [-0.4, -0.2) is 11.2 Å².